The lowest BCUT2D eigenvalue weighted by molar-refractivity contribution is -0.121. The van der Waals surface area contributed by atoms with Crippen LogP contribution in [0.15, 0.2) is 48.5 Å². The predicted octanol–water partition coefficient (Wildman–Crippen LogP) is 5.36. The van der Waals surface area contributed by atoms with Crippen molar-refractivity contribution >= 4 is 21.8 Å². The van der Waals surface area contributed by atoms with Crippen LogP contribution in [0.1, 0.15) is 48.4 Å². The summed E-state index contributed by atoms with van der Waals surface area (Å²) in [5.41, 5.74) is 4.47. The van der Waals surface area contributed by atoms with Gasteiger partial charge >= 0.3 is 0 Å². The Bertz CT molecular complexity index is 559. The number of carbonyl (C=O) groups is 1. The van der Waals surface area contributed by atoms with Crippen LogP contribution >= 0.6 is 15.9 Å². The summed E-state index contributed by atoms with van der Waals surface area (Å²) in [4.78, 5) is 12.7. The summed E-state index contributed by atoms with van der Waals surface area (Å²) in [5.74, 6) is -0.190. The van der Waals surface area contributed by atoms with E-state index in [1.165, 1.54) is 11.1 Å². The Hall–Kier alpha value is -1.61. The number of alkyl halides is 1. The van der Waals surface area contributed by atoms with Gasteiger partial charge in [0.25, 0.3) is 0 Å². The molecule has 0 aliphatic heterocycles. The molecule has 1 N–H and O–H groups in total. The van der Waals surface area contributed by atoms with Crippen LogP contribution in [0.4, 0.5) is 0 Å². The van der Waals surface area contributed by atoms with Crippen molar-refractivity contribution in [2.75, 3.05) is 11.9 Å². The standard InChI is InChI=1S/C19H22BrNO.C2H6/c1-14-4-8-16(9-5-14)18(19(22)21-13-3-12-20)17-10-6-15(2)7-11-17;1-2/h4-11,18H,3,12-13H2,1-2H3,(H,21,22);1-2H3. The number of carbonyl (C=O) groups excluding carboxylic acids is 1. The summed E-state index contributed by atoms with van der Waals surface area (Å²) in [6.07, 6.45) is 0.931. The molecule has 0 heterocycles. The number of aryl methyl sites for hydroxylation is 2. The van der Waals surface area contributed by atoms with Crippen molar-refractivity contribution in [3.8, 4) is 0 Å². The Balaban J connectivity index is 0.00000139. The molecule has 0 unspecified atom stereocenters. The fraction of sp³-hybridized carbons (Fsp3) is 0.381. The van der Waals surface area contributed by atoms with Gasteiger partial charge in [-0.25, -0.2) is 0 Å². The molecular formula is C21H28BrNO. The molecule has 24 heavy (non-hydrogen) atoms. The van der Waals surface area contributed by atoms with Crippen LogP contribution in [0.3, 0.4) is 0 Å². The van der Waals surface area contributed by atoms with Gasteiger partial charge in [-0.05, 0) is 31.4 Å². The number of benzene rings is 2. The van der Waals surface area contributed by atoms with E-state index in [9.17, 15) is 4.79 Å². The fourth-order valence-electron chi connectivity index (χ4n) is 2.39. The van der Waals surface area contributed by atoms with Crippen molar-refractivity contribution in [2.45, 2.75) is 40.0 Å². The van der Waals surface area contributed by atoms with E-state index >= 15 is 0 Å². The summed E-state index contributed by atoms with van der Waals surface area (Å²) in [6.45, 7) is 8.81. The lowest BCUT2D eigenvalue weighted by Gasteiger charge is -2.18. The summed E-state index contributed by atoms with van der Waals surface area (Å²) in [5, 5.41) is 3.94. The molecule has 2 rings (SSSR count). The normalized spacial score (nSPS) is 10.1. The van der Waals surface area contributed by atoms with E-state index in [0.29, 0.717) is 6.54 Å². The topological polar surface area (TPSA) is 29.1 Å². The minimum Gasteiger partial charge on any atom is -0.355 e. The number of hydrogen-bond acceptors (Lipinski definition) is 1. The second-order valence-electron chi connectivity index (χ2n) is 5.59. The maximum absolute atomic E-state index is 12.7. The molecule has 1 amide bonds. The van der Waals surface area contributed by atoms with Gasteiger partial charge < -0.3 is 5.32 Å². The molecule has 2 aromatic carbocycles. The number of rotatable bonds is 6. The minimum atomic E-state index is -0.253. The summed E-state index contributed by atoms with van der Waals surface area (Å²) in [7, 11) is 0. The van der Waals surface area contributed by atoms with Gasteiger partial charge in [-0.2, -0.15) is 0 Å². The highest BCUT2D eigenvalue weighted by Crippen LogP contribution is 2.25. The Morgan fingerprint density at radius 1 is 0.917 bits per heavy atom. The van der Waals surface area contributed by atoms with Gasteiger partial charge in [-0.15, -0.1) is 0 Å². The summed E-state index contributed by atoms with van der Waals surface area (Å²) < 4.78 is 0. The molecule has 3 heteroatoms. The highest BCUT2D eigenvalue weighted by atomic mass is 79.9. The average Bonchev–Trinajstić information content (AvgIpc) is 2.60. The third-order valence-corrected chi connectivity index (χ3v) is 4.25. The Labute approximate surface area is 154 Å². The third-order valence-electron chi connectivity index (χ3n) is 3.69. The number of hydrogen-bond donors (Lipinski definition) is 1. The first kappa shape index (κ1) is 20.4. The first-order chi connectivity index (χ1) is 11.6. The minimum absolute atomic E-state index is 0.0636. The van der Waals surface area contributed by atoms with Gasteiger partial charge in [0.15, 0.2) is 0 Å². The smallest absolute Gasteiger partial charge is 0.232 e. The molecule has 0 fully saturated rings. The van der Waals surface area contributed by atoms with E-state index < -0.39 is 0 Å². The summed E-state index contributed by atoms with van der Waals surface area (Å²) >= 11 is 3.39. The maximum atomic E-state index is 12.7. The molecule has 0 atom stereocenters. The van der Waals surface area contributed by atoms with Gasteiger partial charge in [0.2, 0.25) is 5.91 Å². The van der Waals surface area contributed by atoms with E-state index in [1.54, 1.807) is 0 Å². The van der Waals surface area contributed by atoms with Crippen molar-refractivity contribution in [1.29, 1.82) is 0 Å². The van der Waals surface area contributed by atoms with Crippen molar-refractivity contribution in [3.63, 3.8) is 0 Å². The second-order valence-corrected chi connectivity index (χ2v) is 6.38. The zero-order chi connectivity index (χ0) is 17.9. The van der Waals surface area contributed by atoms with Crippen LogP contribution in [0.5, 0.6) is 0 Å². The zero-order valence-electron chi connectivity index (χ0n) is 15.1. The predicted molar refractivity (Wildman–Crippen MR) is 107 cm³/mol. The molecule has 0 aliphatic rings. The van der Waals surface area contributed by atoms with E-state index in [-0.39, 0.29) is 11.8 Å². The first-order valence-electron chi connectivity index (χ1n) is 8.58. The van der Waals surface area contributed by atoms with Crippen LogP contribution in [-0.2, 0) is 4.79 Å². The van der Waals surface area contributed by atoms with Crippen LogP contribution in [0.25, 0.3) is 0 Å². The van der Waals surface area contributed by atoms with E-state index in [4.69, 9.17) is 0 Å². The second kappa shape index (κ2) is 11.0. The van der Waals surface area contributed by atoms with Crippen LogP contribution < -0.4 is 5.32 Å². The van der Waals surface area contributed by atoms with Gasteiger partial charge in [-0.3, -0.25) is 4.79 Å². The molecule has 2 nitrogen and oxygen atoms in total. The van der Waals surface area contributed by atoms with Gasteiger partial charge in [-0.1, -0.05) is 89.4 Å². The van der Waals surface area contributed by atoms with E-state index in [0.717, 1.165) is 22.9 Å². The average molecular weight is 390 g/mol. The van der Waals surface area contributed by atoms with Gasteiger partial charge in [0.05, 0.1) is 5.92 Å². The largest absolute Gasteiger partial charge is 0.355 e. The molecule has 0 aliphatic carbocycles. The Morgan fingerprint density at radius 3 is 1.71 bits per heavy atom. The molecule has 0 radical (unpaired) electrons. The van der Waals surface area contributed by atoms with Crippen LogP contribution in [-0.4, -0.2) is 17.8 Å². The molecule has 0 bridgehead atoms. The maximum Gasteiger partial charge on any atom is 0.232 e. The SMILES string of the molecule is CC.Cc1ccc(C(C(=O)NCCCBr)c2ccc(C)cc2)cc1. The number of nitrogens with one attached hydrogen (secondary N) is 1. The third kappa shape index (κ3) is 6.12. The molecule has 2 aromatic rings. The van der Waals surface area contributed by atoms with E-state index in [1.807, 2.05) is 38.1 Å². The Kier molecular flexibility index (Phi) is 9.39. The summed E-state index contributed by atoms with van der Waals surface area (Å²) in [6, 6.07) is 16.4. The van der Waals surface area contributed by atoms with Crippen molar-refractivity contribution in [3.05, 3.63) is 70.8 Å². The highest BCUT2D eigenvalue weighted by molar-refractivity contribution is 9.09. The zero-order valence-corrected chi connectivity index (χ0v) is 16.7. The van der Waals surface area contributed by atoms with E-state index in [2.05, 4.69) is 59.4 Å². The molecule has 0 saturated carbocycles. The molecule has 0 saturated heterocycles. The molecule has 130 valence electrons. The number of halogens is 1. The van der Waals surface area contributed by atoms with Gasteiger partial charge in [0.1, 0.15) is 0 Å². The van der Waals surface area contributed by atoms with Crippen molar-refractivity contribution in [1.82, 2.24) is 5.32 Å². The monoisotopic (exact) mass is 389 g/mol. The van der Waals surface area contributed by atoms with Crippen LogP contribution in [0, 0.1) is 13.8 Å². The lowest BCUT2D eigenvalue weighted by atomic mass is 9.89. The first-order valence-corrected chi connectivity index (χ1v) is 9.71. The van der Waals surface area contributed by atoms with Crippen molar-refractivity contribution < 1.29 is 4.79 Å². The number of amides is 1. The quantitative estimate of drug-likeness (QED) is 0.522. The van der Waals surface area contributed by atoms with Crippen LogP contribution in [0.2, 0.25) is 0 Å². The molecule has 0 spiro atoms. The molecular weight excluding hydrogens is 362 g/mol. The Morgan fingerprint density at radius 2 is 1.33 bits per heavy atom. The fourth-order valence-corrected chi connectivity index (χ4v) is 2.67. The van der Waals surface area contributed by atoms with Crippen molar-refractivity contribution in [2.24, 2.45) is 0 Å². The van der Waals surface area contributed by atoms with Gasteiger partial charge in [0, 0.05) is 11.9 Å². The lowest BCUT2D eigenvalue weighted by Crippen LogP contribution is -2.31. The highest BCUT2D eigenvalue weighted by Gasteiger charge is 2.22. The molecule has 0 aromatic heterocycles.